The van der Waals surface area contributed by atoms with E-state index in [9.17, 15) is 4.79 Å². The third kappa shape index (κ3) is 4.78. The third-order valence-electron chi connectivity index (χ3n) is 3.84. The summed E-state index contributed by atoms with van der Waals surface area (Å²) in [4.78, 5) is 23.0. The number of aryl methyl sites for hydroxylation is 1. The Labute approximate surface area is 144 Å². The number of amides is 1. The van der Waals surface area contributed by atoms with Gasteiger partial charge in [-0.15, -0.1) is 0 Å². The second-order valence-corrected chi connectivity index (χ2v) is 5.82. The number of carbonyl (C=O) groups is 1. The summed E-state index contributed by atoms with van der Waals surface area (Å²) in [7, 11) is 0. The highest BCUT2D eigenvalue weighted by molar-refractivity contribution is 6.05. The second kappa shape index (κ2) is 9.01. The largest absolute Gasteiger partial charge is 0.354 e. The van der Waals surface area contributed by atoms with E-state index in [2.05, 4.69) is 22.2 Å². The lowest BCUT2D eigenvalue weighted by atomic mass is 10.2. The molecule has 1 aromatic heterocycles. The van der Waals surface area contributed by atoms with Crippen molar-refractivity contribution in [3.63, 3.8) is 0 Å². The Morgan fingerprint density at radius 3 is 2.54 bits per heavy atom. The number of nitrogens with zero attached hydrogens (tertiary/aromatic N) is 3. The van der Waals surface area contributed by atoms with Crippen LogP contribution in [0, 0.1) is 6.92 Å². The van der Waals surface area contributed by atoms with Crippen molar-refractivity contribution in [1.82, 2.24) is 9.97 Å². The molecule has 1 N–H and O–H groups in total. The molecule has 5 heteroatoms. The quantitative estimate of drug-likeness (QED) is 0.743. The molecule has 0 aliphatic heterocycles. The molecule has 128 valence electrons. The Bertz CT molecular complexity index is 655. The van der Waals surface area contributed by atoms with Gasteiger partial charge in [-0.2, -0.15) is 0 Å². The standard InChI is InChI=1S/C19H26N4O/c1-4-6-7-11-20-19-21-13-16(14-22-19)18(24)23(5-2)17-10-8-9-15(3)12-17/h8-10,12-14H,4-7,11H2,1-3H3,(H,20,21,22). The third-order valence-corrected chi connectivity index (χ3v) is 3.84. The van der Waals surface area contributed by atoms with Gasteiger partial charge in [-0.25, -0.2) is 9.97 Å². The van der Waals surface area contributed by atoms with Gasteiger partial charge in [0.1, 0.15) is 0 Å². The molecule has 2 aromatic rings. The van der Waals surface area contributed by atoms with Crippen LogP contribution in [0.1, 0.15) is 49.0 Å². The summed E-state index contributed by atoms with van der Waals surface area (Å²) >= 11 is 0. The van der Waals surface area contributed by atoms with Gasteiger partial charge in [0.2, 0.25) is 5.95 Å². The molecule has 0 unspecified atom stereocenters. The first kappa shape index (κ1) is 17.9. The molecule has 1 heterocycles. The Kier molecular flexibility index (Phi) is 6.73. The van der Waals surface area contributed by atoms with Crippen molar-refractivity contribution in [2.45, 2.75) is 40.0 Å². The van der Waals surface area contributed by atoms with Crippen LogP contribution in [0.5, 0.6) is 0 Å². The Morgan fingerprint density at radius 2 is 1.92 bits per heavy atom. The number of aromatic nitrogens is 2. The van der Waals surface area contributed by atoms with Gasteiger partial charge in [0.25, 0.3) is 5.91 Å². The number of hydrogen-bond acceptors (Lipinski definition) is 4. The molecule has 1 amide bonds. The zero-order valence-corrected chi connectivity index (χ0v) is 14.7. The van der Waals surface area contributed by atoms with Crippen LogP contribution in [0.2, 0.25) is 0 Å². The normalized spacial score (nSPS) is 10.5. The lowest BCUT2D eigenvalue weighted by molar-refractivity contribution is 0.0987. The number of carbonyl (C=O) groups excluding carboxylic acids is 1. The van der Waals surface area contributed by atoms with Crippen LogP contribution in [-0.4, -0.2) is 29.0 Å². The topological polar surface area (TPSA) is 58.1 Å². The van der Waals surface area contributed by atoms with Crippen LogP contribution in [0.25, 0.3) is 0 Å². The molecular weight excluding hydrogens is 300 g/mol. The van der Waals surface area contributed by atoms with Crippen molar-refractivity contribution in [1.29, 1.82) is 0 Å². The van der Waals surface area contributed by atoms with E-state index < -0.39 is 0 Å². The summed E-state index contributed by atoms with van der Waals surface area (Å²) in [6.07, 6.45) is 6.65. The van der Waals surface area contributed by atoms with Crippen LogP contribution in [0.3, 0.4) is 0 Å². The van der Waals surface area contributed by atoms with Gasteiger partial charge in [0.05, 0.1) is 5.56 Å². The highest BCUT2D eigenvalue weighted by Gasteiger charge is 2.17. The lowest BCUT2D eigenvalue weighted by Gasteiger charge is -2.21. The molecule has 0 fully saturated rings. The predicted molar refractivity (Wildman–Crippen MR) is 98.6 cm³/mol. The van der Waals surface area contributed by atoms with E-state index in [1.807, 2.05) is 38.1 Å². The summed E-state index contributed by atoms with van der Waals surface area (Å²) in [5.74, 6) is 0.488. The van der Waals surface area contributed by atoms with E-state index in [1.54, 1.807) is 17.3 Å². The first-order valence-corrected chi connectivity index (χ1v) is 8.60. The van der Waals surface area contributed by atoms with E-state index in [-0.39, 0.29) is 5.91 Å². The van der Waals surface area contributed by atoms with Gasteiger partial charge in [-0.1, -0.05) is 31.9 Å². The lowest BCUT2D eigenvalue weighted by Crippen LogP contribution is -2.30. The van der Waals surface area contributed by atoms with Crippen LogP contribution in [0.15, 0.2) is 36.7 Å². The number of nitrogens with one attached hydrogen (secondary N) is 1. The van der Waals surface area contributed by atoms with Crippen molar-refractivity contribution in [3.8, 4) is 0 Å². The van der Waals surface area contributed by atoms with Crippen LogP contribution in [-0.2, 0) is 0 Å². The number of rotatable bonds is 8. The zero-order chi connectivity index (χ0) is 17.4. The fraction of sp³-hybridized carbons (Fsp3) is 0.421. The number of benzene rings is 1. The molecule has 0 bridgehead atoms. The average Bonchev–Trinajstić information content (AvgIpc) is 2.60. The number of unbranched alkanes of at least 4 members (excludes halogenated alkanes) is 2. The van der Waals surface area contributed by atoms with E-state index in [4.69, 9.17) is 0 Å². The molecule has 24 heavy (non-hydrogen) atoms. The maximum atomic E-state index is 12.7. The first-order chi connectivity index (χ1) is 11.7. The van der Waals surface area contributed by atoms with Crippen LogP contribution in [0.4, 0.5) is 11.6 Å². The Morgan fingerprint density at radius 1 is 1.17 bits per heavy atom. The summed E-state index contributed by atoms with van der Waals surface area (Å²) < 4.78 is 0. The van der Waals surface area contributed by atoms with Crippen LogP contribution < -0.4 is 10.2 Å². The fourth-order valence-corrected chi connectivity index (χ4v) is 2.50. The van der Waals surface area contributed by atoms with Gasteiger partial charge in [-0.05, 0) is 38.0 Å². The summed E-state index contributed by atoms with van der Waals surface area (Å²) in [5, 5.41) is 3.18. The van der Waals surface area contributed by atoms with Crippen molar-refractivity contribution in [2.24, 2.45) is 0 Å². The maximum Gasteiger partial charge on any atom is 0.261 e. The molecule has 0 radical (unpaired) electrons. The number of anilines is 2. The SMILES string of the molecule is CCCCCNc1ncc(C(=O)N(CC)c2cccc(C)c2)cn1. The van der Waals surface area contributed by atoms with E-state index >= 15 is 0 Å². The molecule has 0 saturated heterocycles. The Balaban J connectivity index is 2.05. The zero-order valence-electron chi connectivity index (χ0n) is 14.7. The smallest absolute Gasteiger partial charge is 0.261 e. The van der Waals surface area contributed by atoms with Gasteiger partial charge in [-0.3, -0.25) is 4.79 Å². The summed E-state index contributed by atoms with van der Waals surface area (Å²) in [6, 6.07) is 7.93. The van der Waals surface area contributed by atoms with Gasteiger partial charge in [0, 0.05) is 31.2 Å². The molecule has 0 spiro atoms. The monoisotopic (exact) mass is 326 g/mol. The van der Waals surface area contributed by atoms with Crippen molar-refractivity contribution in [3.05, 3.63) is 47.8 Å². The second-order valence-electron chi connectivity index (χ2n) is 5.82. The van der Waals surface area contributed by atoms with Crippen molar-refractivity contribution in [2.75, 3.05) is 23.3 Å². The highest BCUT2D eigenvalue weighted by Crippen LogP contribution is 2.18. The molecule has 0 atom stereocenters. The van der Waals surface area contributed by atoms with Crippen molar-refractivity contribution < 1.29 is 4.79 Å². The number of hydrogen-bond donors (Lipinski definition) is 1. The molecule has 0 aliphatic rings. The van der Waals surface area contributed by atoms with Gasteiger partial charge in [0.15, 0.2) is 0 Å². The minimum Gasteiger partial charge on any atom is -0.354 e. The van der Waals surface area contributed by atoms with E-state index in [0.29, 0.717) is 18.1 Å². The molecule has 1 aromatic carbocycles. The minimum absolute atomic E-state index is 0.0827. The molecule has 5 nitrogen and oxygen atoms in total. The Hall–Kier alpha value is -2.43. The molecular formula is C19H26N4O. The van der Waals surface area contributed by atoms with E-state index in [1.165, 1.54) is 12.8 Å². The van der Waals surface area contributed by atoms with Gasteiger partial charge < -0.3 is 10.2 Å². The van der Waals surface area contributed by atoms with Crippen LogP contribution >= 0.6 is 0 Å². The highest BCUT2D eigenvalue weighted by atomic mass is 16.2. The first-order valence-electron chi connectivity index (χ1n) is 8.60. The molecule has 2 rings (SSSR count). The average molecular weight is 326 g/mol. The maximum absolute atomic E-state index is 12.7. The fourth-order valence-electron chi connectivity index (χ4n) is 2.50. The predicted octanol–water partition coefficient (Wildman–Crippen LogP) is 4.05. The molecule has 0 saturated carbocycles. The van der Waals surface area contributed by atoms with Crippen molar-refractivity contribution >= 4 is 17.5 Å². The summed E-state index contributed by atoms with van der Waals surface area (Å²) in [5.41, 5.74) is 2.52. The molecule has 0 aliphatic carbocycles. The summed E-state index contributed by atoms with van der Waals surface area (Å²) in [6.45, 7) is 7.60. The minimum atomic E-state index is -0.0827. The van der Waals surface area contributed by atoms with Gasteiger partial charge >= 0.3 is 0 Å². The van der Waals surface area contributed by atoms with E-state index in [0.717, 1.165) is 24.2 Å².